The predicted molar refractivity (Wildman–Crippen MR) is 136 cm³/mol. The van der Waals surface area contributed by atoms with E-state index in [1.807, 2.05) is 18.2 Å². The topological polar surface area (TPSA) is 76.4 Å². The minimum atomic E-state index is -0.182. The van der Waals surface area contributed by atoms with Crippen LogP contribution in [0.15, 0.2) is 52.9 Å². The molecule has 0 saturated carbocycles. The Hall–Kier alpha value is -3.54. The van der Waals surface area contributed by atoms with Gasteiger partial charge in [-0.15, -0.1) is 0 Å². The molecule has 0 bridgehead atoms. The van der Waals surface area contributed by atoms with Crippen LogP contribution in [0.1, 0.15) is 53.9 Å². The van der Waals surface area contributed by atoms with Gasteiger partial charge in [0.1, 0.15) is 0 Å². The molecule has 2 aromatic carbocycles. The van der Waals surface area contributed by atoms with E-state index in [-0.39, 0.29) is 5.91 Å². The van der Waals surface area contributed by atoms with Gasteiger partial charge in [0.2, 0.25) is 0 Å². The second-order valence-electron chi connectivity index (χ2n) is 8.87. The molecule has 0 saturated heterocycles. The smallest absolute Gasteiger partial charge is 0.287 e. The first-order chi connectivity index (χ1) is 16.7. The van der Waals surface area contributed by atoms with Crippen LogP contribution in [-0.2, 0) is 12.8 Å². The Balaban J connectivity index is 1.05. The van der Waals surface area contributed by atoms with Crippen molar-refractivity contribution in [1.82, 2.24) is 10.3 Å². The van der Waals surface area contributed by atoms with Crippen LogP contribution >= 0.6 is 0 Å². The Morgan fingerprint density at radius 3 is 2.76 bits per heavy atom. The number of pyridine rings is 1. The van der Waals surface area contributed by atoms with E-state index < -0.39 is 0 Å². The van der Waals surface area contributed by atoms with Gasteiger partial charge >= 0.3 is 0 Å². The third kappa shape index (κ3) is 4.58. The first-order valence-electron chi connectivity index (χ1n) is 12.2. The van der Waals surface area contributed by atoms with Gasteiger partial charge in [0, 0.05) is 35.2 Å². The molecule has 1 aliphatic rings. The summed E-state index contributed by atoms with van der Waals surface area (Å²) in [4.78, 5) is 17.3. The first kappa shape index (κ1) is 22.3. The number of amides is 1. The molecule has 34 heavy (non-hydrogen) atoms. The Labute approximate surface area is 199 Å². The molecule has 6 heteroatoms. The van der Waals surface area contributed by atoms with Gasteiger partial charge in [0.05, 0.1) is 12.6 Å². The Kier molecular flexibility index (Phi) is 6.65. The molecule has 2 N–H and O–H groups in total. The molecule has 4 aromatic rings. The van der Waals surface area contributed by atoms with Crippen molar-refractivity contribution in [3.05, 3.63) is 65.5 Å². The molecule has 0 atom stereocenters. The van der Waals surface area contributed by atoms with Gasteiger partial charge in [0.25, 0.3) is 5.91 Å². The molecular formula is C28H31N3O3. The van der Waals surface area contributed by atoms with Crippen LogP contribution in [0.3, 0.4) is 0 Å². The summed E-state index contributed by atoms with van der Waals surface area (Å²) in [6, 6.07) is 15.8. The van der Waals surface area contributed by atoms with E-state index in [0.29, 0.717) is 23.6 Å². The molecule has 0 spiro atoms. The van der Waals surface area contributed by atoms with Crippen molar-refractivity contribution < 1.29 is 13.9 Å². The standard InChI is InChI=1S/C28H31N3O3/c1-33-24-15-8-10-19-18-25(34-27(19)24)28(32)30-17-7-3-2-6-16-29-26-20-11-4-5-13-22(20)31-23-14-9-12-21(23)26/h4-5,8,10-11,13,15,18H,2-3,6-7,9,12,14,16-17H2,1H3,(H,29,31)(H,30,32). The van der Waals surface area contributed by atoms with Crippen LogP contribution in [0.25, 0.3) is 21.9 Å². The Morgan fingerprint density at radius 1 is 1.03 bits per heavy atom. The second-order valence-corrected chi connectivity index (χ2v) is 8.87. The molecule has 0 radical (unpaired) electrons. The van der Waals surface area contributed by atoms with Gasteiger partial charge in [-0.25, -0.2) is 0 Å². The number of carbonyl (C=O) groups excluding carboxylic acids is 1. The molecule has 0 fully saturated rings. The zero-order valence-electron chi connectivity index (χ0n) is 19.7. The van der Waals surface area contributed by atoms with E-state index in [1.165, 1.54) is 28.8 Å². The molecule has 1 aliphatic carbocycles. The largest absolute Gasteiger partial charge is 0.493 e. The third-order valence-corrected chi connectivity index (χ3v) is 6.56. The summed E-state index contributed by atoms with van der Waals surface area (Å²) in [5, 5.41) is 8.77. The molecule has 176 valence electrons. The SMILES string of the molecule is COc1cccc2cc(C(=O)NCCCCCCNc3c4c(nc5ccccc35)CCC4)oc12. The summed E-state index contributed by atoms with van der Waals surface area (Å²) in [6.45, 7) is 1.59. The van der Waals surface area contributed by atoms with Crippen LogP contribution in [-0.4, -0.2) is 31.1 Å². The highest BCUT2D eigenvalue weighted by molar-refractivity contribution is 5.97. The number of aryl methyl sites for hydroxylation is 1. The lowest BCUT2D eigenvalue weighted by Gasteiger charge is -2.14. The van der Waals surface area contributed by atoms with Crippen molar-refractivity contribution in [3.63, 3.8) is 0 Å². The maximum atomic E-state index is 12.4. The lowest BCUT2D eigenvalue weighted by Crippen LogP contribution is -2.23. The number of benzene rings is 2. The number of nitrogens with one attached hydrogen (secondary N) is 2. The second kappa shape index (κ2) is 10.2. The first-order valence-corrected chi connectivity index (χ1v) is 12.2. The lowest BCUT2D eigenvalue weighted by atomic mass is 10.1. The number of carbonyl (C=O) groups is 1. The number of anilines is 1. The number of para-hydroxylation sites is 2. The zero-order chi connectivity index (χ0) is 23.3. The highest BCUT2D eigenvalue weighted by atomic mass is 16.5. The Morgan fingerprint density at radius 2 is 1.88 bits per heavy atom. The minimum Gasteiger partial charge on any atom is -0.493 e. The van der Waals surface area contributed by atoms with Crippen molar-refractivity contribution in [2.45, 2.75) is 44.9 Å². The van der Waals surface area contributed by atoms with E-state index in [1.54, 1.807) is 13.2 Å². The maximum Gasteiger partial charge on any atom is 0.287 e. The van der Waals surface area contributed by atoms with Gasteiger partial charge in [-0.3, -0.25) is 9.78 Å². The number of methoxy groups -OCH3 is 1. The van der Waals surface area contributed by atoms with Gasteiger partial charge in [-0.2, -0.15) is 0 Å². The van der Waals surface area contributed by atoms with E-state index in [2.05, 4.69) is 34.9 Å². The van der Waals surface area contributed by atoms with Gasteiger partial charge in [0.15, 0.2) is 17.1 Å². The minimum absolute atomic E-state index is 0.182. The number of nitrogens with zero attached hydrogens (tertiary/aromatic N) is 1. The van der Waals surface area contributed by atoms with Gasteiger partial charge in [-0.05, 0) is 55.9 Å². The quantitative estimate of drug-likeness (QED) is 0.291. The van der Waals surface area contributed by atoms with Crippen molar-refractivity contribution in [1.29, 1.82) is 0 Å². The third-order valence-electron chi connectivity index (χ3n) is 6.56. The van der Waals surface area contributed by atoms with Gasteiger partial charge in [-0.1, -0.05) is 43.2 Å². The number of hydrogen-bond acceptors (Lipinski definition) is 5. The van der Waals surface area contributed by atoms with Crippen molar-refractivity contribution >= 4 is 33.5 Å². The van der Waals surface area contributed by atoms with Crippen LogP contribution in [0.5, 0.6) is 5.75 Å². The van der Waals surface area contributed by atoms with Crippen LogP contribution in [0, 0.1) is 0 Å². The fraction of sp³-hybridized carbons (Fsp3) is 0.357. The summed E-state index contributed by atoms with van der Waals surface area (Å²) >= 11 is 0. The molecular weight excluding hydrogens is 426 g/mol. The predicted octanol–water partition coefficient (Wildman–Crippen LogP) is 5.88. The molecule has 6 nitrogen and oxygen atoms in total. The van der Waals surface area contributed by atoms with Gasteiger partial charge < -0.3 is 19.8 Å². The van der Waals surface area contributed by atoms with Crippen LogP contribution in [0.2, 0.25) is 0 Å². The summed E-state index contributed by atoms with van der Waals surface area (Å²) in [7, 11) is 1.60. The number of fused-ring (bicyclic) bond motifs is 3. The fourth-order valence-electron chi connectivity index (χ4n) is 4.83. The molecule has 2 aromatic heterocycles. The van der Waals surface area contributed by atoms with Crippen molar-refractivity contribution in [3.8, 4) is 5.75 Å². The molecule has 0 aliphatic heterocycles. The number of ether oxygens (including phenoxy) is 1. The normalized spacial score (nSPS) is 12.7. The monoisotopic (exact) mass is 457 g/mol. The summed E-state index contributed by atoms with van der Waals surface area (Å²) in [5.41, 5.74) is 5.65. The van der Waals surface area contributed by atoms with Crippen molar-refractivity contribution in [2.75, 3.05) is 25.5 Å². The highest BCUT2D eigenvalue weighted by Gasteiger charge is 2.19. The average Bonchev–Trinajstić information content (AvgIpc) is 3.51. The number of unbranched alkanes of at least 4 members (excludes halogenated alkanes) is 3. The summed E-state index contributed by atoms with van der Waals surface area (Å²) < 4.78 is 11.0. The number of aromatic nitrogens is 1. The highest BCUT2D eigenvalue weighted by Crippen LogP contribution is 2.34. The Bertz CT molecular complexity index is 1310. The van der Waals surface area contributed by atoms with Crippen LogP contribution < -0.4 is 15.4 Å². The van der Waals surface area contributed by atoms with E-state index in [9.17, 15) is 4.79 Å². The molecule has 5 rings (SSSR count). The number of rotatable bonds is 10. The van der Waals surface area contributed by atoms with Crippen LogP contribution in [0.4, 0.5) is 5.69 Å². The zero-order valence-corrected chi connectivity index (χ0v) is 19.7. The molecule has 0 unspecified atom stereocenters. The molecule has 2 heterocycles. The maximum absolute atomic E-state index is 12.4. The van der Waals surface area contributed by atoms with E-state index in [0.717, 1.165) is 56.0 Å². The summed E-state index contributed by atoms with van der Waals surface area (Å²) in [5.74, 6) is 0.772. The fourth-order valence-corrected chi connectivity index (χ4v) is 4.83. The van der Waals surface area contributed by atoms with E-state index in [4.69, 9.17) is 14.1 Å². The summed E-state index contributed by atoms with van der Waals surface area (Å²) in [6.07, 6.45) is 7.64. The lowest BCUT2D eigenvalue weighted by molar-refractivity contribution is 0.0927. The number of furan rings is 1. The van der Waals surface area contributed by atoms with Crippen molar-refractivity contribution in [2.24, 2.45) is 0 Å². The van der Waals surface area contributed by atoms with E-state index >= 15 is 0 Å². The average molecular weight is 458 g/mol. The number of hydrogen-bond donors (Lipinski definition) is 2. The molecule has 1 amide bonds.